The number of hydrogen-bond acceptors (Lipinski definition) is 9. The Labute approximate surface area is 204 Å². The van der Waals surface area contributed by atoms with Crippen molar-refractivity contribution in [3.8, 4) is 29.0 Å². The van der Waals surface area contributed by atoms with Crippen LogP contribution in [-0.2, 0) is 4.74 Å². The number of hydrogen-bond donors (Lipinski definition) is 2. The van der Waals surface area contributed by atoms with E-state index < -0.39 is 16.9 Å². The average Bonchev–Trinajstić information content (AvgIpc) is 3.32. The van der Waals surface area contributed by atoms with Crippen molar-refractivity contribution in [1.82, 2.24) is 15.1 Å². The quantitative estimate of drug-likeness (QED) is 0.414. The van der Waals surface area contributed by atoms with Gasteiger partial charge < -0.3 is 24.8 Å². The first-order valence-electron chi connectivity index (χ1n) is 11.0. The van der Waals surface area contributed by atoms with Crippen molar-refractivity contribution in [3.63, 3.8) is 0 Å². The second-order valence-corrected chi connectivity index (χ2v) is 8.05. The number of allylic oxidation sites excluding steroid dienone is 1. The first-order valence-corrected chi connectivity index (χ1v) is 11.0. The topological polar surface area (TPSA) is 170 Å². The molecule has 12 nitrogen and oxygen atoms in total. The molecule has 1 aromatic heterocycles. The maximum atomic E-state index is 12.8. The molecule has 3 N–H and O–H groups in total. The first kappa shape index (κ1) is 22.9. The normalized spacial score (nSPS) is 17.1. The second-order valence-electron chi connectivity index (χ2n) is 8.05. The van der Waals surface area contributed by atoms with Crippen LogP contribution in [-0.4, -0.2) is 52.4 Å². The van der Waals surface area contributed by atoms with E-state index >= 15 is 0 Å². The first-order chi connectivity index (χ1) is 17.5. The molecule has 1 saturated heterocycles. The molecule has 3 heterocycles. The van der Waals surface area contributed by atoms with E-state index in [2.05, 4.69) is 16.3 Å². The molecule has 36 heavy (non-hydrogen) atoms. The van der Waals surface area contributed by atoms with Crippen LogP contribution < -0.4 is 15.2 Å². The van der Waals surface area contributed by atoms with Crippen LogP contribution >= 0.6 is 0 Å². The number of H-pyrrole nitrogens is 1. The monoisotopic (exact) mass is 488 g/mol. The van der Waals surface area contributed by atoms with Crippen molar-refractivity contribution in [1.29, 1.82) is 5.26 Å². The van der Waals surface area contributed by atoms with Crippen molar-refractivity contribution in [3.05, 3.63) is 81.2 Å². The molecular formula is C24H20N6O6. The summed E-state index contributed by atoms with van der Waals surface area (Å²) >= 11 is 0. The maximum Gasteiger partial charge on any atom is 0.415 e. The van der Waals surface area contributed by atoms with Crippen LogP contribution in [0, 0.1) is 21.4 Å². The summed E-state index contributed by atoms with van der Waals surface area (Å²) in [7, 11) is 0. The number of morpholine rings is 1. The number of nitriles is 1. The van der Waals surface area contributed by atoms with Gasteiger partial charge in [-0.2, -0.15) is 5.26 Å². The molecule has 182 valence electrons. The minimum Gasteiger partial charge on any atom is -0.420 e. The number of non-ortho nitro benzene ring substituents is 1. The van der Waals surface area contributed by atoms with E-state index in [1.54, 1.807) is 36.4 Å². The van der Waals surface area contributed by atoms with Gasteiger partial charge in [-0.15, -0.1) is 5.10 Å². The average molecular weight is 488 g/mol. The molecular weight excluding hydrogens is 468 g/mol. The molecule has 5 rings (SSSR count). The summed E-state index contributed by atoms with van der Waals surface area (Å²) in [5, 5.41) is 28.4. The predicted molar refractivity (Wildman–Crippen MR) is 125 cm³/mol. The molecule has 12 heteroatoms. The Morgan fingerprint density at radius 1 is 1.25 bits per heavy atom. The number of nitro groups is 1. The van der Waals surface area contributed by atoms with Crippen LogP contribution in [0.5, 0.6) is 11.6 Å². The van der Waals surface area contributed by atoms with Crippen LogP contribution in [0.2, 0.25) is 0 Å². The van der Waals surface area contributed by atoms with Gasteiger partial charge in [0.1, 0.15) is 17.4 Å². The molecule has 1 fully saturated rings. The van der Waals surface area contributed by atoms with Crippen molar-refractivity contribution < 1.29 is 23.9 Å². The standard InChI is InChI=1S/C24H20N6O6/c25-13-17-19(16-6-1-2-7-18(16)35-24(31)29-8-10-34-11-9-29)20-21(27-28-23(20)36-22(17)26)14-4-3-5-15(12-14)30(32)33/h1-7,12,19H,8-11,26H2,(H,27,28). The number of ether oxygens (including phenoxy) is 3. The fourth-order valence-electron chi connectivity index (χ4n) is 4.27. The highest BCUT2D eigenvalue weighted by molar-refractivity contribution is 5.75. The number of rotatable bonds is 4. The lowest BCUT2D eigenvalue weighted by Gasteiger charge is -2.28. The number of para-hydroxylation sites is 1. The molecule has 3 aromatic rings. The molecule has 0 radical (unpaired) electrons. The fraction of sp³-hybridized carbons (Fsp3) is 0.208. The van der Waals surface area contributed by atoms with Gasteiger partial charge in [0.25, 0.3) is 5.69 Å². The van der Waals surface area contributed by atoms with Gasteiger partial charge in [-0.1, -0.05) is 30.3 Å². The Balaban J connectivity index is 1.62. The second kappa shape index (κ2) is 9.40. The Kier molecular flexibility index (Phi) is 5.97. The zero-order valence-electron chi connectivity index (χ0n) is 18.8. The van der Waals surface area contributed by atoms with Gasteiger partial charge in [-0.25, -0.2) is 4.79 Å². The lowest BCUT2D eigenvalue weighted by atomic mass is 9.82. The van der Waals surface area contributed by atoms with E-state index in [4.69, 9.17) is 19.9 Å². The number of benzene rings is 2. The SMILES string of the molecule is N#CC1=C(N)Oc2n[nH]c(-c3cccc([N+](=O)[O-])c3)c2C1c1ccccc1OC(=O)N1CCOCC1. The number of aromatic amines is 1. The number of nitrogens with one attached hydrogen (secondary N) is 1. The summed E-state index contributed by atoms with van der Waals surface area (Å²) < 4.78 is 16.7. The van der Waals surface area contributed by atoms with Gasteiger partial charge in [-0.05, 0) is 6.07 Å². The number of carbonyl (C=O) groups excluding carboxylic acids is 1. The molecule has 0 spiro atoms. The largest absolute Gasteiger partial charge is 0.420 e. The number of nitro benzene ring substituents is 1. The van der Waals surface area contributed by atoms with E-state index in [0.29, 0.717) is 48.7 Å². The lowest BCUT2D eigenvalue weighted by molar-refractivity contribution is -0.384. The molecule has 1 atom stereocenters. The van der Waals surface area contributed by atoms with E-state index in [9.17, 15) is 20.2 Å². The van der Waals surface area contributed by atoms with Crippen molar-refractivity contribution in [2.75, 3.05) is 26.3 Å². The summed E-state index contributed by atoms with van der Waals surface area (Å²) in [6, 6.07) is 14.9. The summed E-state index contributed by atoms with van der Waals surface area (Å²) in [4.78, 5) is 25.2. The van der Waals surface area contributed by atoms with Gasteiger partial charge >= 0.3 is 6.09 Å². The number of amides is 1. The number of nitrogens with two attached hydrogens (primary N) is 1. The number of fused-ring (bicyclic) bond motifs is 1. The van der Waals surface area contributed by atoms with Crippen molar-refractivity contribution >= 4 is 11.8 Å². The van der Waals surface area contributed by atoms with Crippen molar-refractivity contribution in [2.45, 2.75) is 5.92 Å². The third-order valence-corrected chi connectivity index (χ3v) is 5.98. The number of aromatic nitrogens is 2. The summed E-state index contributed by atoms with van der Waals surface area (Å²) in [6.07, 6.45) is -0.542. The van der Waals surface area contributed by atoms with Crippen LogP contribution in [0.4, 0.5) is 10.5 Å². The van der Waals surface area contributed by atoms with Crippen LogP contribution in [0.25, 0.3) is 11.3 Å². The third-order valence-electron chi connectivity index (χ3n) is 5.98. The summed E-state index contributed by atoms with van der Waals surface area (Å²) in [5.41, 5.74) is 7.85. The van der Waals surface area contributed by atoms with E-state index in [0.717, 1.165) is 0 Å². The molecule has 0 bridgehead atoms. The van der Waals surface area contributed by atoms with Gasteiger partial charge in [-0.3, -0.25) is 15.2 Å². The van der Waals surface area contributed by atoms with Crippen LogP contribution in [0.3, 0.4) is 0 Å². The van der Waals surface area contributed by atoms with E-state index in [1.807, 2.05) is 0 Å². The van der Waals surface area contributed by atoms with Crippen LogP contribution in [0.15, 0.2) is 60.0 Å². The Morgan fingerprint density at radius 2 is 2.03 bits per heavy atom. The maximum absolute atomic E-state index is 12.8. The van der Waals surface area contributed by atoms with Gasteiger partial charge in [0.2, 0.25) is 11.8 Å². The minimum atomic E-state index is -0.819. The Hall–Kier alpha value is -4.89. The number of nitrogens with zero attached hydrogens (tertiary/aromatic N) is 4. The Bertz CT molecular complexity index is 1420. The van der Waals surface area contributed by atoms with Crippen LogP contribution in [0.1, 0.15) is 17.0 Å². The molecule has 2 aliphatic heterocycles. The minimum absolute atomic E-state index is 0.0884. The summed E-state index contributed by atoms with van der Waals surface area (Å²) in [6.45, 7) is 1.63. The lowest BCUT2D eigenvalue weighted by Crippen LogP contribution is -2.42. The highest BCUT2D eigenvalue weighted by Gasteiger charge is 2.37. The predicted octanol–water partition coefficient (Wildman–Crippen LogP) is 3.03. The van der Waals surface area contributed by atoms with E-state index in [1.165, 1.54) is 17.0 Å². The molecule has 2 aromatic carbocycles. The van der Waals surface area contributed by atoms with E-state index in [-0.39, 0.29) is 28.8 Å². The smallest absolute Gasteiger partial charge is 0.415 e. The summed E-state index contributed by atoms with van der Waals surface area (Å²) in [5.74, 6) is -0.604. The van der Waals surface area contributed by atoms with Gasteiger partial charge in [0.05, 0.1) is 35.3 Å². The highest BCUT2D eigenvalue weighted by atomic mass is 16.6. The molecule has 2 aliphatic rings. The molecule has 1 amide bonds. The third kappa shape index (κ3) is 4.08. The fourth-order valence-corrected chi connectivity index (χ4v) is 4.27. The highest BCUT2D eigenvalue weighted by Crippen LogP contribution is 2.48. The molecule has 1 unspecified atom stereocenters. The van der Waals surface area contributed by atoms with Gasteiger partial charge in [0, 0.05) is 36.3 Å². The van der Waals surface area contributed by atoms with Gasteiger partial charge in [0.15, 0.2) is 0 Å². The molecule has 0 aliphatic carbocycles. The van der Waals surface area contributed by atoms with Crippen molar-refractivity contribution in [2.24, 2.45) is 5.73 Å². The zero-order valence-corrected chi connectivity index (χ0v) is 18.8. The zero-order chi connectivity index (χ0) is 25.2. The number of carbonyl (C=O) groups is 1. The molecule has 0 saturated carbocycles. The Morgan fingerprint density at radius 3 is 2.78 bits per heavy atom.